The molecule has 0 saturated carbocycles. The van der Waals surface area contributed by atoms with Crippen LogP contribution < -0.4 is 20.1 Å². The number of fused-ring (bicyclic) bond motifs is 1. The number of hydrogen-bond acceptors (Lipinski definition) is 9. The Morgan fingerprint density at radius 3 is 2.50 bits per heavy atom. The first-order valence-corrected chi connectivity index (χ1v) is 13.7. The number of anilines is 2. The Hall–Kier alpha value is -3.76. The number of pyridine rings is 1. The van der Waals surface area contributed by atoms with E-state index in [-0.39, 0.29) is 5.75 Å². The Bertz CT molecular complexity index is 1370. The lowest BCUT2D eigenvalue weighted by atomic mass is 10.2. The molecule has 36 heavy (non-hydrogen) atoms. The van der Waals surface area contributed by atoms with E-state index in [1.165, 1.54) is 12.6 Å². The highest BCUT2D eigenvalue weighted by molar-refractivity contribution is 7.90. The first-order valence-electron chi connectivity index (χ1n) is 11.6. The van der Waals surface area contributed by atoms with Gasteiger partial charge in [0.15, 0.2) is 0 Å². The molecule has 0 atom stereocenters. The Morgan fingerprint density at radius 1 is 0.917 bits per heavy atom. The van der Waals surface area contributed by atoms with Gasteiger partial charge in [-0.15, -0.1) is 0 Å². The first-order chi connectivity index (χ1) is 17.5. The highest BCUT2D eigenvalue weighted by atomic mass is 32.2. The molecule has 0 saturated heterocycles. The maximum atomic E-state index is 11.2. The summed E-state index contributed by atoms with van der Waals surface area (Å²) in [6.45, 7) is 2.05. The molecule has 4 aromatic rings. The van der Waals surface area contributed by atoms with E-state index in [2.05, 4.69) is 25.6 Å². The van der Waals surface area contributed by atoms with E-state index in [0.717, 1.165) is 28.8 Å². The zero-order valence-corrected chi connectivity index (χ0v) is 20.9. The zero-order chi connectivity index (χ0) is 25.2. The molecular formula is C26H29N5O4S. The van der Waals surface area contributed by atoms with Crippen molar-refractivity contribution < 1.29 is 17.9 Å². The average molecular weight is 508 g/mol. The van der Waals surface area contributed by atoms with Gasteiger partial charge in [-0.25, -0.2) is 23.4 Å². The molecule has 0 fully saturated rings. The van der Waals surface area contributed by atoms with E-state index in [0.29, 0.717) is 43.5 Å². The van der Waals surface area contributed by atoms with Gasteiger partial charge in [0.1, 0.15) is 34.3 Å². The van der Waals surface area contributed by atoms with E-state index < -0.39 is 9.84 Å². The van der Waals surface area contributed by atoms with Crippen molar-refractivity contribution >= 4 is 32.2 Å². The normalized spacial score (nSPS) is 11.4. The number of benzene rings is 2. The molecule has 0 amide bonds. The highest BCUT2D eigenvalue weighted by Crippen LogP contribution is 2.26. The van der Waals surface area contributed by atoms with Gasteiger partial charge in [-0.1, -0.05) is 30.3 Å². The number of sulfone groups is 1. The number of hydrogen-bond donors (Lipinski definition) is 2. The summed E-state index contributed by atoms with van der Waals surface area (Å²) in [6.07, 6.45) is 5.10. The molecule has 0 aliphatic rings. The fourth-order valence-corrected chi connectivity index (χ4v) is 3.90. The Kier molecular flexibility index (Phi) is 8.64. The van der Waals surface area contributed by atoms with Crippen LogP contribution in [0.4, 0.5) is 11.5 Å². The van der Waals surface area contributed by atoms with Crippen LogP contribution in [0.5, 0.6) is 11.6 Å². The van der Waals surface area contributed by atoms with E-state index in [1.54, 1.807) is 6.20 Å². The third kappa shape index (κ3) is 7.89. The number of nitrogens with zero attached hydrogens (tertiary/aromatic N) is 3. The molecule has 2 N–H and O–H groups in total. The molecule has 0 spiro atoms. The lowest BCUT2D eigenvalue weighted by Gasteiger charge is -2.11. The van der Waals surface area contributed by atoms with Crippen LogP contribution in [0.15, 0.2) is 73.2 Å². The summed E-state index contributed by atoms with van der Waals surface area (Å²) >= 11 is 0. The van der Waals surface area contributed by atoms with Crippen LogP contribution in [-0.4, -0.2) is 55.1 Å². The largest absolute Gasteiger partial charge is 0.489 e. The summed E-state index contributed by atoms with van der Waals surface area (Å²) in [5, 5.41) is 7.21. The molecular weight excluding hydrogens is 478 g/mol. The van der Waals surface area contributed by atoms with Crippen molar-refractivity contribution in [2.45, 2.75) is 13.0 Å². The van der Waals surface area contributed by atoms with Crippen LogP contribution in [0.1, 0.15) is 12.0 Å². The van der Waals surface area contributed by atoms with Gasteiger partial charge < -0.3 is 20.1 Å². The molecule has 188 valence electrons. The minimum absolute atomic E-state index is 0.124. The van der Waals surface area contributed by atoms with Gasteiger partial charge in [0.25, 0.3) is 0 Å². The smallest absolute Gasteiger partial charge is 0.214 e. The summed E-state index contributed by atoms with van der Waals surface area (Å²) in [7, 11) is -2.95. The standard InChI is InChI=1S/C26H29N5O4S/c1-36(32,33)15-13-27-12-5-14-34-25-16-23-24(17-28-25)29-19-30-26(23)31-21-8-10-22(11-9-21)35-18-20-6-3-2-4-7-20/h2-4,6-11,16-17,19,27H,5,12-15,18H2,1H3,(H,29,30,31). The summed E-state index contributed by atoms with van der Waals surface area (Å²) in [6, 6.07) is 19.5. The van der Waals surface area contributed by atoms with Crippen LogP contribution in [0, 0.1) is 0 Å². The number of rotatable bonds is 13. The molecule has 10 heteroatoms. The Balaban J connectivity index is 1.32. The van der Waals surface area contributed by atoms with Gasteiger partial charge in [0.2, 0.25) is 5.88 Å². The molecule has 0 radical (unpaired) electrons. The lowest BCUT2D eigenvalue weighted by molar-refractivity contribution is 0.298. The molecule has 0 aliphatic heterocycles. The highest BCUT2D eigenvalue weighted by Gasteiger charge is 2.08. The van der Waals surface area contributed by atoms with Crippen molar-refractivity contribution in [3.8, 4) is 11.6 Å². The van der Waals surface area contributed by atoms with Gasteiger partial charge in [-0.3, -0.25) is 0 Å². The number of ether oxygens (including phenoxy) is 2. The molecule has 0 aliphatic carbocycles. The Labute approximate surface area is 210 Å². The van der Waals surface area contributed by atoms with E-state index in [1.807, 2.05) is 60.7 Å². The monoisotopic (exact) mass is 507 g/mol. The van der Waals surface area contributed by atoms with Gasteiger partial charge in [-0.05, 0) is 42.8 Å². The molecule has 2 heterocycles. The third-order valence-corrected chi connectivity index (χ3v) is 6.21. The maximum absolute atomic E-state index is 11.2. The second kappa shape index (κ2) is 12.3. The summed E-state index contributed by atoms with van der Waals surface area (Å²) in [4.78, 5) is 13.0. The average Bonchev–Trinajstić information content (AvgIpc) is 2.88. The molecule has 9 nitrogen and oxygen atoms in total. The molecule has 2 aromatic heterocycles. The van der Waals surface area contributed by atoms with Gasteiger partial charge in [0.05, 0.1) is 24.1 Å². The van der Waals surface area contributed by atoms with Crippen LogP contribution >= 0.6 is 0 Å². The van der Waals surface area contributed by atoms with Crippen LogP contribution in [-0.2, 0) is 16.4 Å². The molecule has 0 bridgehead atoms. The second-order valence-corrected chi connectivity index (χ2v) is 10.5. The van der Waals surface area contributed by atoms with Crippen LogP contribution in [0.25, 0.3) is 10.9 Å². The first kappa shape index (κ1) is 25.3. The topological polar surface area (TPSA) is 115 Å². The van der Waals surface area contributed by atoms with Crippen LogP contribution in [0.3, 0.4) is 0 Å². The van der Waals surface area contributed by atoms with E-state index >= 15 is 0 Å². The zero-order valence-electron chi connectivity index (χ0n) is 20.1. The minimum Gasteiger partial charge on any atom is -0.489 e. The Morgan fingerprint density at radius 2 is 1.72 bits per heavy atom. The summed E-state index contributed by atoms with van der Waals surface area (Å²) in [5.74, 6) is 2.02. The fourth-order valence-electron chi connectivity index (χ4n) is 3.39. The second-order valence-electron chi connectivity index (χ2n) is 8.27. The SMILES string of the molecule is CS(=O)(=O)CCNCCCOc1cc2c(Nc3ccc(OCc4ccccc4)cc3)ncnc2cn1. The van der Waals surface area contributed by atoms with Crippen molar-refractivity contribution in [3.05, 3.63) is 78.8 Å². The lowest BCUT2D eigenvalue weighted by Crippen LogP contribution is -2.24. The fraction of sp³-hybridized carbons (Fsp3) is 0.269. The van der Waals surface area contributed by atoms with Gasteiger partial charge >= 0.3 is 0 Å². The minimum atomic E-state index is -2.95. The molecule has 4 rings (SSSR count). The van der Waals surface area contributed by atoms with Gasteiger partial charge in [0, 0.05) is 29.9 Å². The summed E-state index contributed by atoms with van der Waals surface area (Å²) in [5.41, 5.74) is 2.67. The molecule has 2 aromatic carbocycles. The summed E-state index contributed by atoms with van der Waals surface area (Å²) < 4.78 is 33.9. The predicted molar refractivity (Wildman–Crippen MR) is 141 cm³/mol. The van der Waals surface area contributed by atoms with Crippen molar-refractivity contribution in [2.75, 3.05) is 37.0 Å². The third-order valence-electron chi connectivity index (χ3n) is 5.26. The van der Waals surface area contributed by atoms with E-state index in [4.69, 9.17) is 9.47 Å². The van der Waals surface area contributed by atoms with Crippen molar-refractivity contribution in [2.24, 2.45) is 0 Å². The predicted octanol–water partition coefficient (Wildman–Crippen LogP) is 3.75. The number of aromatic nitrogens is 3. The van der Waals surface area contributed by atoms with Crippen LogP contribution in [0.2, 0.25) is 0 Å². The quantitative estimate of drug-likeness (QED) is 0.261. The number of nitrogens with one attached hydrogen (secondary N) is 2. The van der Waals surface area contributed by atoms with Gasteiger partial charge in [-0.2, -0.15) is 0 Å². The van der Waals surface area contributed by atoms with Crippen molar-refractivity contribution in [1.29, 1.82) is 0 Å². The van der Waals surface area contributed by atoms with Crippen molar-refractivity contribution in [1.82, 2.24) is 20.3 Å². The molecule has 0 unspecified atom stereocenters. The van der Waals surface area contributed by atoms with E-state index in [9.17, 15) is 8.42 Å². The maximum Gasteiger partial charge on any atom is 0.214 e. The van der Waals surface area contributed by atoms with Crippen molar-refractivity contribution in [3.63, 3.8) is 0 Å².